The van der Waals surface area contributed by atoms with Crippen molar-refractivity contribution < 1.29 is 24.2 Å². The molecule has 0 saturated carbocycles. The van der Waals surface area contributed by atoms with Gasteiger partial charge in [-0.05, 0) is 44.4 Å². The fourth-order valence-corrected chi connectivity index (χ4v) is 4.79. The molecule has 5 nitrogen and oxygen atoms in total. The molecule has 2 unspecified atom stereocenters. The largest absolute Gasteiger partial charge is 0.465 e. The average Bonchev–Trinajstić information content (AvgIpc) is 2.86. The Kier molecular flexibility index (Phi) is 25.7. The van der Waals surface area contributed by atoms with Crippen LogP contribution in [0.3, 0.4) is 0 Å². The van der Waals surface area contributed by atoms with E-state index in [2.05, 4.69) is 13.8 Å². The van der Waals surface area contributed by atoms with Gasteiger partial charge in [-0.15, -0.1) is 0 Å². The molecule has 2 atom stereocenters. The van der Waals surface area contributed by atoms with Gasteiger partial charge >= 0.3 is 11.9 Å². The highest BCUT2D eigenvalue weighted by molar-refractivity contribution is 5.72. The van der Waals surface area contributed by atoms with E-state index < -0.39 is 6.10 Å². The quantitative estimate of drug-likeness (QED) is 0.0854. The van der Waals surface area contributed by atoms with Crippen LogP contribution >= 0.6 is 0 Å². The predicted molar refractivity (Wildman–Crippen MR) is 155 cm³/mol. The first kappa shape index (κ1) is 35.9. The van der Waals surface area contributed by atoms with Gasteiger partial charge in [0.1, 0.15) is 6.61 Å². The molecule has 0 aliphatic carbocycles. The standard InChI is InChI=1S/C32H62O5/c1-5-7-9-11-13-14-16-19-23-29(22-18-15-12-10-8-6-2)32(35)36-25-21-17-20-24-31(34)37-27-30(33)26-28(3)4/h28-30,33H,5-27H2,1-4H3. The third-order valence-corrected chi connectivity index (χ3v) is 7.10. The maximum absolute atomic E-state index is 12.8. The second-order valence-electron chi connectivity index (χ2n) is 11.5. The van der Waals surface area contributed by atoms with Crippen LogP contribution in [0.4, 0.5) is 0 Å². The lowest BCUT2D eigenvalue weighted by atomic mass is 9.94. The molecule has 0 aromatic carbocycles. The normalized spacial score (nSPS) is 13.0. The Hall–Kier alpha value is -1.10. The van der Waals surface area contributed by atoms with Crippen molar-refractivity contribution in [2.24, 2.45) is 11.8 Å². The van der Waals surface area contributed by atoms with E-state index in [1.54, 1.807) is 0 Å². The fraction of sp³-hybridized carbons (Fsp3) is 0.938. The zero-order chi connectivity index (χ0) is 27.6. The second-order valence-corrected chi connectivity index (χ2v) is 11.5. The van der Waals surface area contributed by atoms with Crippen LogP contribution < -0.4 is 0 Å². The van der Waals surface area contributed by atoms with Crippen molar-refractivity contribution >= 4 is 11.9 Å². The molecule has 0 saturated heterocycles. The van der Waals surface area contributed by atoms with Crippen LogP contribution in [0.25, 0.3) is 0 Å². The van der Waals surface area contributed by atoms with Gasteiger partial charge in [-0.1, -0.05) is 118 Å². The summed E-state index contributed by atoms with van der Waals surface area (Å²) >= 11 is 0. The summed E-state index contributed by atoms with van der Waals surface area (Å²) in [4.78, 5) is 24.6. The second kappa shape index (κ2) is 26.5. The predicted octanol–water partition coefficient (Wildman–Crippen LogP) is 8.94. The molecule has 0 bridgehead atoms. The van der Waals surface area contributed by atoms with E-state index in [0.717, 1.165) is 44.9 Å². The summed E-state index contributed by atoms with van der Waals surface area (Å²) < 4.78 is 10.8. The van der Waals surface area contributed by atoms with Gasteiger partial charge in [0.05, 0.1) is 18.6 Å². The van der Waals surface area contributed by atoms with Crippen LogP contribution in [0.15, 0.2) is 0 Å². The lowest BCUT2D eigenvalue weighted by molar-refractivity contribution is -0.150. The SMILES string of the molecule is CCCCCCCCCCC(CCCCCCCC)C(=O)OCCCCCC(=O)OCC(O)CC(C)C. The molecule has 0 heterocycles. The third-order valence-electron chi connectivity index (χ3n) is 7.10. The highest BCUT2D eigenvalue weighted by atomic mass is 16.5. The number of carbonyl (C=O) groups excluding carboxylic acids is 2. The van der Waals surface area contributed by atoms with E-state index in [4.69, 9.17) is 9.47 Å². The Morgan fingerprint density at radius 2 is 1.14 bits per heavy atom. The van der Waals surface area contributed by atoms with Gasteiger partial charge in [-0.2, -0.15) is 0 Å². The van der Waals surface area contributed by atoms with Crippen molar-refractivity contribution in [3.8, 4) is 0 Å². The van der Waals surface area contributed by atoms with Crippen molar-refractivity contribution in [3.63, 3.8) is 0 Å². The molecule has 0 aromatic heterocycles. The zero-order valence-electron chi connectivity index (χ0n) is 25.1. The molecule has 0 aliphatic heterocycles. The molecule has 37 heavy (non-hydrogen) atoms. The van der Waals surface area contributed by atoms with E-state index >= 15 is 0 Å². The molecule has 0 spiro atoms. The van der Waals surface area contributed by atoms with Gasteiger partial charge in [0.15, 0.2) is 0 Å². The van der Waals surface area contributed by atoms with E-state index in [9.17, 15) is 14.7 Å². The van der Waals surface area contributed by atoms with Gasteiger partial charge < -0.3 is 14.6 Å². The van der Waals surface area contributed by atoms with Gasteiger partial charge in [0.25, 0.3) is 0 Å². The Balaban J connectivity index is 4.11. The van der Waals surface area contributed by atoms with Crippen molar-refractivity contribution in [1.29, 1.82) is 0 Å². The molecule has 0 aliphatic rings. The number of rotatable bonds is 27. The number of carbonyl (C=O) groups is 2. The minimum absolute atomic E-state index is 0.0185. The molecule has 0 radical (unpaired) electrons. The van der Waals surface area contributed by atoms with Crippen molar-refractivity contribution in [2.75, 3.05) is 13.2 Å². The summed E-state index contributed by atoms with van der Waals surface area (Å²) in [5.41, 5.74) is 0. The third kappa shape index (κ3) is 25.0. The molecule has 0 amide bonds. The number of ether oxygens (including phenoxy) is 2. The molecule has 220 valence electrons. The van der Waals surface area contributed by atoms with E-state index in [-0.39, 0.29) is 24.5 Å². The summed E-state index contributed by atoms with van der Waals surface area (Å²) in [7, 11) is 0. The van der Waals surface area contributed by atoms with Crippen molar-refractivity contribution in [3.05, 3.63) is 0 Å². The van der Waals surface area contributed by atoms with E-state index in [0.29, 0.717) is 25.4 Å². The Morgan fingerprint density at radius 1 is 0.649 bits per heavy atom. The Labute approximate surface area is 229 Å². The number of hydrogen-bond acceptors (Lipinski definition) is 5. The topological polar surface area (TPSA) is 72.8 Å². The lowest BCUT2D eigenvalue weighted by Gasteiger charge is -2.16. The molecule has 5 heteroatoms. The average molecular weight is 527 g/mol. The zero-order valence-corrected chi connectivity index (χ0v) is 25.1. The molecule has 1 N–H and O–H groups in total. The van der Waals surface area contributed by atoms with Gasteiger partial charge in [-0.3, -0.25) is 9.59 Å². The summed E-state index contributed by atoms with van der Waals surface area (Å²) in [6.45, 7) is 9.07. The number of hydrogen-bond donors (Lipinski definition) is 1. The minimum atomic E-state index is -0.585. The van der Waals surface area contributed by atoms with Crippen LogP contribution in [0, 0.1) is 11.8 Å². The summed E-state index contributed by atoms with van der Waals surface area (Å²) in [5.74, 6) is 0.139. The maximum Gasteiger partial charge on any atom is 0.308 e. The number of esters is 2. The molecule has 0 aromatic rings. The monoisotopic (exact) mass is 526 g/mol. The van der Waals surface area contributed by atoms with E-state index in [1.165, 1.54) is 77.0 Å². The fourth-order valence-electron chi connectivity index (χ4n) is 4.79. The molecular weight excluding hydrogens is 464 g/mol. The summed E-state index contributed by atoms with van der Waals surface area (Å²) in [5, 5.41) is 9.80. The summed E-state index contributed by atoms with van der Waals surface area (Å²) in [6, 6.07) is 0. The van der Waals surface area contributed by atoms with Crippen molar-refractivity contribution in [1.82, 2.24) is 0 Å². The maximum atomic E-state index is 12.8. The molecule has 0 rings (SSSR count). The van der Waals surface area contributed by atoms with Crippen LogP contribution in [0.5, 0.6) is 0 Å². The van der Waals surface area contributed by atoms with Crippen LogP contribution in [-0.4, -0.2) is 36.4 Å². The highest BCUT2D eigenvalue weighted by Crippen LogP contribution is 2.21. The van der Waals surface area contributed by atoms with Gasteiger partial charge in [-0.25, -0.2) is 0 Å². The minimum Gasteiger partial charge on any atom is -0.465 e. The smallest absolute Gasteiger partial charge is 0.308 e. The number of unbranched alkanes of at least 4 members (excludes halogenated alkanes) is 14. The summed E-state index contributed by atoms with van der Waals surface area (Å²) in [6.07, 6.45) is 22.4. The van der Waals surface area contributed by atoms with Crippen LogP contribution in [0.2, 0.25) is 0 Å². The van der Waals surface area contributed by atoms with Gasteiger partial charge in [0.2, 0.25) is 0 Å². The number of aliphatic hydroxyl groups is 1. The molecule has 0 fully saturated rings. The first-order valence-electron chi connectivity index (χ1n) is 15.9. The first-order chi connectivity index (χ1) is 17.9. The van der Waals surface area contributed by atoms with Gasteiger partial charge in [0, 0.05) is 6.42 Å². The number of aliphatic hydroxyl groups excluding tert-OH is 1. The van der Waals surface area contributed by atoms with E-state index in [1.807, 2.05) is 13.8 Å². The van der Waals surface area contributed by atoms with Crippen LogP contribution in [-0.2, 0) is 19.1 Å². The Bertz CT molecular complexity index is 519. The first-order valence-corrected chi connectivity index (χ1v) is 15.9. The lowest BCUT2D eigenvalue weighted by Crippen LogP contribution is -2.20. The van der Waals surface area contributed by atoms with Crippen LogP contribution in [0.1, 0.15) is 163 Å². The van der Waals surface area contributed by atoms with Crippen molar-refractivity contribution in [2.45, 2.75) is 169 Å². The Morgan fingerprint density at radius 3 is 1.65 bits per heavy atom. The highest BCUT2D eigenvalue weighted by Gasteiger charge is 2.19. The molecular formula is C32H62O5.